The van der Waals surface area contributed by atoms with Gasteiger partial charge in [-0.05, 0) is 19.1 Å². The molecule has 0 aliphatic heterocycles. The van der Waals surface area contributed by atoms with Crippen molar-refractivity contribution in [2.75, 3.05) is 5.73 Å². The summed E-state index contributed by atoms with van der Waals surface area (Å²) < 4.78 is 43.1. The maximum absolute atomic E-state index is 12.4. The van der Waals surface area contributed by atoms with E-state index in [0.717, 1.165) is 10.6 Å². The lowest BCUT2D eigenvalue weighted by atomic mass is 10.4. The van der Waals surface area contributed by atoms with Crippen molar-refractivity contribution in [1.29, 1.82) is 0 Å². The van der Waals surface area contributed by atoms with Crippen LogP contribution < -0.4 is 5.73 Å². The van der Waals surface area contributed by atoms with E-state index in [1.165, 1.54) is 11.3 Å². The van der Waals surface area contributed by atoms with Crippen LogP contribution in [0.5, 0.6) is 0 Å². The van der Waals surface area contributed by atoms with Crippen molar-refractivity contribution in [3.8, 4) is 10.7 Å². The molecule has 0 saturated carbocycles. The fraction of sp³-hybridized carbons (Fsp3) is 0.250. The van der Waals surface area contributed by atoms with E-state index in [1.54, 1.807) is 22.9 Å². The molecule has 3 heterocycles. The molecule has 0 fully saturated rings. The van der Waals surface area contributed by atoms with Crippen LogP contribution in [-0.4, -0.2) is 19.9 Å². The predicted molar refractivity (Wildman–Crippen MR) is 73.1 cm³/mol. The molecule has 0 aliphatic rings. The first-order valence-corrected chi connectivity index (χ1v) is 6.94. The number of halogens is 3. The first kappa shape index (κ1) is 14.6. The first-order valence-electron chi connectivity index (χ1n) is 6.13. The number of alkyl halides is 3. The molecule has 0 amide bonds. The smallest absolute Gasteiger partial charge is 0.384 e. The monoisotopic (exact) mass is 329 g/mol. The summed E-state index contributed by atoms with van der Waals surface area (Å²) in [4.78, 5) is 4.70. The van der Waals surface area contributed by atoms with Crippen LogP contribution in [0, 0.1) is 6.92 Å². The molecule has 116 valence electrons. The summed E-state index contributed by atoms with van der Waals surface area (Å²) in [6.45, 7) is 2.25. The third-order valence-corrected chi connectivity index (χ3v) is 3.86. The van der Waals surface area contributed by atoms with E-state index in [1.807, 2.05) is 6.92 Å². The SMILES string of the molecule is Cc1cc(N)n(Cc2ccc(-c3noc(C(F)(F)F)n3)s2)n1. The minimum atomic E-state index is -4.65. The first-order chi connectivity index (χ1) is 10.3. The number of nitrogens with two attached hydrogens (primary N) is 1. The number of nitrogen functional groups attached to an aromatic ring is 1. The van der Waals surface area contributed by atoms with Crippen LogP contribution in [0.1, 0.15) is 16.5 Å². The van der Waals surface area contributed by atoms with Crippen LogP contribution in [0.15, 0.2) is 22.7 Å². The van der Waals surface area contributed by atoms with Crippen LogP contribution >= 0.6 is 11.3 Å². The lowest BCUT2D eigenvalue weighted by Gasteiger charge is -2.00. The number of anilines is 1. The molecule has 0 unspecified atom stereocenters. The Morgan fingerprint density at radius 3 is 2.73 bits per heavy atom. The third kappa shape index (κ3) is 2.82. The van der Waals surface area contributed by atoms with Crippen LogP contribution in [-0.2, 0) is 12.7 Å². The molecule has 0 aromatic carbocycles. The van der Waals surface area contributed by atoms with Gasteiger partial charge < -0.3 is 10.3 Å². The molecule has 3 aromatic heterocycles. The zero-order chi connectivity index (χ0) is 15.9. The van der Waals surface area contributed by atoms with Crippen molar-refractivity contribution in [3.63, 3.8) is 0 Å². The summed E-state index contributed by atoms with van der Waals surface area (Å²) in [7, 11) is 0. The molecule has 22 heavy (non-hydrogen) atoms. The predicted octanol–water partition coefficient (Wildman–Crippen LogP) is 2.95. The van der Waals surface area contributed by atoms with E-state index >= 15 is 0 Å². The van der Waals surface area contributed by atoms with Crippen molar-refractivity contribution in [2.45, 2.75) is 19.6 Å². The highest BCUT2D eigenvalue weighted by atomic mass is 32.1. The van der Waals surface area contributed by atoms with Gasteiger partial charge in [-0.2, -0.15) is 23.3 Å². The van der Waals surface area contributed by atoms with Gasteiger partial charge in [-0.1, -0.05) is 5.16 Å². The highest BCUT2D eigenvalue weighted by Crippen LogP contribution is 2.32. The van der Waals surface area contributed by atoms with E-state index in [2.05, 4.69) is 19.8 Å². The zero-order valence-corrected chi connectivity index (χ0v) is 12.1. The molecule has 0 radical (unpaired) electrons. The summed E-state index contributed by atoms with van der Waals surface area (Å²) >= 11 is 1.25. The molecule has 0 atom stereocenters. The number of thiophene rings is 1. The lowest BCUT2D eigenvalue weighted by Crippen LogP contribution is -2.04. The lowest BCUT2D eigenvalue weighted by molar-refractivity contribution is -0.159. The summed E-state index contributed by atoms with van der Waals surface area (Å²) in [5.41, 5.74) is 6.59. The van der Waals surface area contributed by atoms with Gasteiger partial charge in [-0.3, -0.25) is 0 Å². The van der Waals surface area contributed by atoms with Gasteiger partial charge in [0.25, 0.3) is 0 Å². The van der Waals surface area contributed by atoms with E-state index < -0.39 is 12.1 Å². The van der Waals surface area contributed by atoms with Gasteiger partial charge in [-0.15, -0.1) is 11.3 Å². The fourth-order valence-electron chi connectivity index (χ4n) is 1.86. The Kier molecular flexibility index (Phi) is 3.39. The Morgan fingerprint density at radius 2 is 2.14 bits per heavy atom. The van der Waals surface area contributed by atoms with Gasteiger partial charge >= 0.3 is 12.1 Å². The Morgan fingerprint density at radius 1 is 1.36 bits per heavy atom. The van der Waals surface area contributed by atoms with E-state index in [9.17, 15) is 13.2 Å². The zero-order valence-electron chi connectivity index (χ0n) is 11.3. The number of rotatable bonds is 3. The summed E-state index contributed by atoms with van der Waals surface area (Å²) in [5, 5.41) is 7.58. The molecule has 3 rings (SSSR count). The standard InChI is InChI=1S/C12H10F3N5OS/c1-6-4-9(16)20(18-6)5-7-2-3-8(22-7)10-17-11(21-19-10)12(13,14)15/h2-4H,5,16H2,1H3. The van der Waals surface area contributed by atoms with Gasteiger partial charge in [0, 0.05) is 10.9 Å². The number of aryl methyl sites for hydroxylation is 1. The largest absolute Gasteiger partial charge is 0.471 e. The van der Waals surface area contributed by atoms with Crippen molar-refractivity contribution < 1.29 is 17.7 Å². The number of hydrogen-bond acceptors (Lipinski definition) is 6. The summed E-state index contributed by atoms with van der Waals surface area (Å²) in [5.74, 6) is -0.927. The Bertz CT molecular complexity index is 804. The fourth-order valence-corrected chi connectivity index (χ4v) is 2.78. The Balaban J connectivity index is 1.82. The quantitative estimate of drug-likeness (QED) is 0.799. The molecule has 10 heteroatoms. The second-order valence-corrected chi connectivity index (χ2v) is 5.72. The highest BCUT2D eigenvalue weighted by molar-refractivity contribution is 7.15. The number of aromatic nitrogens is 4. The average molecular weight is 329 g/mol. The van der Waals surface area contributed by atoms with Crippen LogP contribution in [0.4, 0.5) is 19.0 Å². The van der Waals surface area contributed by atoms with Crippen LogP contribution in [0.25, 0.3) is 10.7 Å². The maximum Gasteiger partial charge on any atom is 0.471 e. The maximum atomic E-state index is 12.4. The van der Waals surface area contributed by atoms with Crippen molar-refractivity contribution in [3.05, 3.63) is 34.7 Å². The molecular weight excluding hydrogens is 319 g/mol. The van der Waals surface area contributed by atoms with Crippen molar-refractivity contribution in [1.82, 2.24) is 19.9 Å². The molecule has 3 aromatic rings. The second kappa shape index (κ2) is 5.13. The minimum Gasteiger partial charge on any atom is -0.384 e. The second-order valence-electron chi connectivity index (χ2n) is 4.56. The van der Waals surface area contributed by atoms with Crippen molar-refractivity contribution >= 4 is 17.2 Å². The molecule has 0 aliphatic carbocycles. The van der Waals surface area contributed by atoms with Crippen LogP contribution in [0.3, 0.4) is 0 Å². The van der Waals surface area contributed by atoms with Gasteiger partial charge in [0.1, 0.15) is 5.82 Å². The highest BCUT2D eigenvalue weighted by Gasteiger charge is 2.38. The van der Waals surface area contributed by atoms with Gasteiger partial charge in [-0.25, -0.2) is 4.68 Å². The minimum absolute atomic E-state index is 0.0896. The molecule has 0 saturated heterocycles. The van der Waals surface area contributed by atoms with Crippen LogP contribution in [0.2, 0.25) is 0 Å². The Labute approximate surface area is 126 Å². The molecule has 2 N–H and O–H groups in total. The van der Waals surface area contributed by atoms with Gasteiger partial charge in [0.2, 0.25) is 5.82 Å². The Hall–Kier alpha value is -2.36. The molecular formula is C12H10F3N5OS. The molecule has 6 nitrogen and oxygen atoms in total. The van der Waals surface area contributed by atoms with Gasteiger partial charge in [0.15, 0.2) is 0 Å². The average Bonchev–Trinajstić information content (AvgIpc) is 3.10. The van der Waals surface area contributed by atoms with E-state index in [0.29, 0.717) is 17.2 Å². The summed E-state index contributed by atoms with van der Waals surface area (Å²) in [6, 6.07) is 5.14. The van der Waals surface area contributed by atoms with E-state index in [-0.39, 0.29) is 5.82 Å². The van der Waals surface area contributed by atoms with Crippen molar-refractivity contribution in [2.24, 2.45) is 0 Å². The summed E-state index contributed by atoms with van der Waals surface area (Å²) in [6.07, 6.45) is -4.65. The number of hydrogen-bond donors (Lipinski definition) is 1. The molecule has 0 bridgehead atoms. The third-order valence-electron chi connectivity index (χ3n) is 2.79. The van der Waals surface area contributed by atoms with Gasteiger partial charge in [0.05, 0.1) is 17.1 Å². The number of nitrogens with zero attached hydrogens (tertiary/aromatic N) is 4. The molecule has 0 spiro atoms. The van der Waals surface area contributed by atoms with E-state index in [4.69, 9.17) is 5.73 Å². The topological polar surface area (TPSA) is 82.8 Å². The normalized spacial score (nSPS) is 12.0.